The van der Waals surface area contributed by atoms with E-state index in [-0.39, 0.29) is 30.8 Å². The molecule has 2 rings (SSSR count). The van der Waals surface area contributed by atoms with E-state index < -0.39 is 17.7 Å². The van der Waals surface area contributed by atoms with Crippen molar-refractivity contribution in [2.45, 2.75) is 39.5 Å². The number of carbonyl (C=O) groups is 3. The summed E-state index contributed by atoms with van der Waals surface area (Å²) in [5.74, 6) is -2.70. The van der Waals surface area contributed by atoms with Gasteiger partial charge in [0.05, 0.1) is 24.7 Å². The van der Waals surface area contributed by atoms with Crippen LogP contribution in [0.1, 0.15) is 50.0 Å². The third kappa shape index (κ3) is 3.60. The number of hydrogen-bond donors (Lipinski definition) is 0. The average molecular weight is 318 g/mol. The molecular formula is C18H22O5. The maximum absolute atomic E-state index is 12.8. The number of Topliss-reactive ketones (excluding diaryl/α,β-unsaturated/α-hetero) is 2. The van der Waals surface area contributed by atoms with E-state index >= 15 is 0 Å². The molecule has 23 heavy (non-hydrogen) atoms. The molecule has 0 radical (unpaired) electrons. The molecule has 0 spiro atoms. The Bertz CT molecular complexity index is 639. The van der Waals surface area contributed by atoms with Crippen molar-refractivity contribution in [1.82, 2.24) is 0 Å². The van der Waals surface area contributed by atoms with Crippen LogP contribution < -0.4 is 4.74 Å². The smallest absolute Gasteiger partial charge is 0.375 e. The zero-order valence-electron chi connectivity index (χ0n) is 14.0. The second kappa shape index (κ2) is 6.52. The predicted octanol–water partition coefficient (Wildman–Crippen LogP) is 2.70. The maximum atomic E-state index is 12.8. The first kappa shape index (κ1) is 17.2. The van der Waals surface area contributed by atoms with E-state index in [4.69, 9.17) is 9.47 Å². The van der Waals surface area contributed by atoms with Crippen molar-refractivity contribution in [2.24, 2.45) is 5.92 Å². The summed E-state index contributed by atoms with van der Waals surface area (Å²) < 4.78 is 10.3. The van der Waals surface area contributed by atoms with Crippen molar-refractivity contribution in [2.75, 3.05) is 13.2 Å². The van der Waals surface area contributed by atoms with Crippen molar-refractivity contribution in [3.05, 3.63) is 29.3 Å². The highest BCUT2D eigenvalue weighted by Crippen LogP contribution is 2.32. The normalized spacial score (nSPS) is 17.7. The third-order valence-electron chi connectivity index (χ3n) is 3.88. The van der Waals surface area contributed by atoms with Gasteiger partial charge in [0.2, 0.25) is 0 Å². The summed E-state index contributed by atoms with van der Waals surface area (Å²) in [6.45, 7) is 8.05. The first-order chi connectivity index (χ1) is 10.8. The van der Waals surface area contributed by atoms with Crippen LogP contribution in [0.3, 0.4) is 0 Å². The van der Waals surface area contributed by atoms with E-state index in [2.05, 4.69) is 0 Å². The lowest BCUT2D eigenvalue weighted by Gasteiger charge is -2.20. The minimum Gasteiger partial charge on any atom is -0.493 e. The Morgan fingerprint density at radius 3 is 2.61 bits per heavy atom. The average Bonchev–Trinajstić information content (AvgIpc) is 2.65. The lowest BCUT2D eigenvalue weighted by molar-refractivity contribution is -0.154. The Morgan fingerprint density at radius 1 is 1.30 bits per heavy atom. The van der Waals surface area contributed by atoms with Crippen LogP contribution in [0.15, 0.2) is 18.2 Å². The Kier molecular flexibility index (Phi) is 4.88. The predicted molar refractivity (Wildman–Crippen MR) is 84.7 cm³/mol. The minimum absolute atomic E-state index is 0.104. The number of fused-ring (bicyclic) bond motifs is 1. The fourth-order valence-corrected chi connectivity index (χ4v) is 2.52. The second-order valence-corrected chi connectivity index (χ2v) is 6.60. The van der Waals surface area contributed by atoms with Gasteiger partial charge in [0.25, 0.3) is 5.78 Å². The van der Waals surface area contributed by atoms with Gasteiger partial charge in [-0.1, -0.05) is 26.8 Å². The monoisotopic (exact) mass is 318 g/mol. The Labute approximate surface area is 136 Å². The molecule has 1 aromatic rings. The van der Waals surface area contributed by atoms with Crippen LogP contribution in [0.2, 0.25) is 0 Å². The summed E-state index contributed by atoms with van der Waals surface area (Å²) >= 11 is 0. The molecule has 1 aliphatic rings. The number of ketones is 2. The molecule has 0 saturated carbocycles. The molecule has 0 N–H and O–H groups in total. The van der Waals surface area contributed by atoms with E-state index in [0.29, 0.717) is 11.3 Å². The molecule has 1 heterocycles. The van der Waals surface area contributed by atoms with Gasteiger partial charge in [0.15, 0.2) is 5.78 Å². The van der Waals surface area contributed by atoms with Gasteiger partial charge in [0, 0.05) is 0 Å². The van der Waals surface area contributed by atoms with Gasteiger partial charge in [-0.3, -0.25) is 9.59 Å². The van der Waals surface area contributed by atoms with Gasteiger partial charge in [-0.15, -0.1) is 0 Å². The SMILES string of the molecule is CCOC(=O)C(=O)C1CCOc2ccc(C(C)(C)C)cc2C1=O. The van der Waals surface area contributed by atoms with Crippen LogP contribution >= 0.6 is 0 Å². The van der Waals surface area contributed by atoms with E-state index in [0.717, 1.165) is 5.56 Å². The van der Waals surface area contributed by atoms with Gasteiger partial charge in [-0.05, 0) is 36.5 Å². The fraction of sp³-hybridized carbons (Fsp3) is 0.500. The van der Waals surface area contributed by atoms with Crippen LogP contribution in [0, 0.1) is 5.92 Å². The van der Waals surface area contributed by atoms with Crippen molar-refractivity contribution < 1.29 is 23.9 Å². The van der Waals surface area contributed by atoms with Gasteiger partial charge >= 0.3 is 5.97 Å². The molecule has 0 aromatic heterocycles. The second-order valence-electron chi connectivity index (χ2n) is 6.60. The largest absolute Gasteiger partial charge is 0.493 e. The first-order valence-corrected chi connectivity index (χ1v) is 7.78. The summed E-state index contributed by atoms with van der Waals surface area (Å²) in [7, 11) is 0. The summed E-state index contributed by atoms with van der Waals surface area (Å²) in [6.07, 6.45) is 0.177. The van der Waals surface area contributed by atoms with Crippen molar-refractivity contribution in [3.8, 4) is 5.75 Å². The standard InChI is InChI=1S/C18H22O5/c1-5-22-17(21)16(20)12-8-9-23-14-7-6-11(18(2,3)4)10-13(14)15(12)19/h6-7,10,12H,5,8-9H2,1-4H3. The van der Waals surface area contributed by atoms with E-state index in [9.17, 15) is 14.4 Å². The summed E-state index contributed by atoms with van der Waals surface area (Å²) in [6, 6.07) is 5.43. The molecule has 1 atom stereocenters. The van der Waals surface area contributed by atoms with Crippen molar-refractivity contribution >= 4 is 17.5 Å². The summed E-state index contributed by atoms with van der Waals surface area (Å²) in [5, 5.41) is 0. The zero-order valence-corrected chi connectivity index (χ0v) is 14.0. The van der Waals surface area contributed by atoms with E-state index in [1.807, 2.05) is 26.8 Å². The molecule has 5 nitrogen and oxygen atoms in total. The van der Waals surface area contributed by atoms with Crippen molar-refractivity contribution in [3.63, 3.8) is 0 Å². The van der Waals surface area contributed by atoms with Gasteiger partial charge in [0.1, 0.15) is 5.75 Å². The maximum Gasteiger partial charge on any atom is 0.375 e. The molecule has 0 fully saturated rings. The lowest BCUT2D eigenvalue weighted by atomic mass is 9.84. The molecule has 1 aliphatic heterocycles. The number of esters is 1. The minimum atomic E-state index is -1.04. The van der Waals surface area contributed by atoms with Crippen LogP contribution in [-0.2, 0) is 19.7 Å². The number of hydrogen-bond acceptors (Lipinski definition) is 5. The highest BCUT2D eigenvalue weighted by molar-refractivity contribution is 6.39. The summed E-state index contributed by atoms with van der Waals surface area (Å²) in [5.41, 5.74) is 1.19. The molecule has 0 amide bonds. The first-order valence-electron chi connectivity index (χ1n) is 7.78. The van der Waals surface area contributed by atoms with Gasteiger partial charge in [-0.2, -0.15) is 0 Å². The molecule has 0 bridgehead atoms. The van der Waals surface area contributed by atoms with E-state index in [1.54, 1.807) is 19.1 Å². The number of rotatable bonds is 3. The third-order valence-corrected chi connectivity index (χ3v) is 3.88. The van der Waals surface area contributed by atoms with Crippen LogP contribution in [0.4, 0.5) is 0 Å². The number of carbonyl (C=O) groups excluding carboxylic acids is 3. The molecule has 1 unspecified atom stereocenters. The van der Waals surface area contributed by atoms with Crippen LogP contribution in [-0.4, -0.2) is 30.7 Å². The molecule has 0 aliphatic carbocycles. The quantitative estimate of drug-likeness (QED) is 0.487. The van der Waals surface area contributed by atoms with E-state index in [1.165, 1.54) is 0 Å². The topological polar surface area (TPSA) is 69.7 Å². The number of benzene rings is 1. The van der Waals surface area contributed by atoms with Crippen molar-refractivity contribution in [1.29, 1.82) is 0 Å². The Hall–Kier alpha value is -2.17. The Morgan fingerprint density at radius 2 is 2.00 bits per heavy atom. The molecule has 5 heteroatoms. The zero-order chi connectivity index (χ0) is 17.2. The van der Waals surface area contributed by atoms with Gasteiger partial charge < -0.3 is 9.47 Å². The lowest BCUT2D eigenvalue weighted by Crippen LogP contribution is -2.32. The molecular weight excluding hydrogens is 296 g/mol. The van der Waals surface area contributed by atoms with Gasteiger partial charge in [-0.25, -0.2) is 4.79 Å². The molecule has 0 saturated heterocycles. The fourth-order valence-electron chi connectivity index (χ4n) is 2.52. The molecule has 124 valence electrons. The Balaban J connectivity index is 2.38. The highest BCUT2D eigenvalue weighted by atomic mass is 16.5. The molecule has 1 aromatic carbocycles. The van der Waals surface area contributed by atoms with Crippen LogP contribution in [0.25, 0.3) is 0 Å². The summed E-state index contributed by atoms with van der Waals surface area (Å²) in [4.78, 5) is 36.6. The van der Waals surface area contributed by atoms with Crippen LogP contribution in [0.5, 0.6) is 5.75 Å². The highest BCUT2D eigenvalue weighted by Gasteiger charge is 2.36. The number of ether oxygens (including phenoxy) is 2.